The van der Waals surface area contributed by atoms with Crippen molar-refractivity contribution >= 4 is 40.9 Å². The second-order valence-corrected chi connectivity index (χ2v) is 5.53. The number of aromatic carboxylic acids is 1. The zero-order chi connectivity index (χ0) is 15.4. The lowest BCUT2D eigenvalue weighted by Crippen LogP contribution is -2.12. The van der Waals surface area contributed by atoms with Crippen molar-refractivity contribution in [2.45, 2.75) is 4.90 Å². The van der Waals surface area contributed by atoms with Crippen molar-refractivity contribution in [2.24, 2.45) is 0 Å². The van der Waals surface area contributed by atoms with Gasteiger partial charge in [-0.2, -0.15) is 0 Å². The molecular weight excluding hydrogens is 310 g/mol. The van der Waals surface area contributed by atoms with E-state index >= 15 is 0 Å². The summed E-state index contributed by atoms with van der Waals surface area (Å²) in [6.45, 7) is 0. The molecule has 0 aliphatic rings. The minimum absolute atomic E-state index is 0.0236. The predicted molar refractivity (Wildman–Crippen MR) is 84.6 cm³/mol. The van der Waals surface area contributed by atoms with Gasteiger partial charge >= 0.3 is 5.97 Å². The number of carbonyl (C=O) groups excluding carboxylic acids is 1. The van der Waals surface area contributed by atoms with Gasteiger partial charge in [-0.3, -0.25) is 4.79 Å². The molecule has 2 N–H and O–H groups in total. The van der Waals surface area contributed by atoms with E-state index in [1.54, 1.807) is 23.9 Å². The SMILES string of the molecule is CSc1ccc(C(=O)Nc2cc(Cl)cc(C(=O)O)c2)cc1. The summed E-state index contributed by atoms with van der Waals surface area (Å²) < 4.78 is 0. The predicted octanol–water partition coefficient (Wildman–Crippen LogP) is 4.01. The Morgan fingerprint density at radius 1 is 1.10 bits per heavy atom. The second-order valence-electron chi connectivity index (χ2n) is 4.22. The van der Waals surface area contributed by atoms with Crippen molar-refractivity contribution in [3.05, 3.63) is 58.6 Å². The summed E-state index contributed by atoms with van der Waals surface area (Å²) in [6, 6.07) is 11.3. The summed E-state index contributed by atoms with van der Waals surface area (Å²) in [5, 5.41) is 11.9. The van der Waals surface area contributed by atoms with E-state index in [1.165, 1.54) is 18.2 Å². The lowest BCUT2D eigenvalue weighted by atomic mass is 10.1. The standard InChI is InChI=1S/C15H12ClNO3S/c1-21-13-4-2-9(3-5-13)14(18)17-12-7-10(15(19)20)6-11(16)8-12/h2-8H,1H3,(H,17,18)(H,19,20). The summed E-state index contributed by atoms with van der Waals surface area (Å²) in [4.78, 5) is 24.1. The van der Waals surface area contributed by atoms with Gasteiger partial charge in [0.15, 0.2) is 0 Å². The first-order valence-corrected chi connectivity index (χ1v) is 7.59. The zero-order valence-electron chi connectivity index (χ0n) is 11.1. The molecule has 0 aliphatic carbocycles. The van der Waals surface area contributed by atoms with Gasteiger partial charge in [0, 0.05) is 21.2 Å². The molecule has 0 saturated carbocycles. The van der Waals surface area contributed by atoms with E-state index in [0.29, 0.717) is 11.3 Å². The van der Waals surface area contributed by atoms with Crippen LogP contribution in [0.25, 0.3) is 0 Å². The van der Waals surface area contributed by atoms with E-state index in [9.17, 15) is 9.59 Å². The molecule has 0 fully saturated rings. The fraction of sp³-hybridized carbons (Fsp3) is 0.0667. The highest BCUT2D eigenvalue weighted by Gasteiger charge is 2.10. The Balaban J connectivity index is 2.20. The monoisotopic (exact) mass is 321 g/mol. The molecule has 0 spiro atoms. The van der Waals surface area contributed by atoms with Crippen molar-refractivity contribution in [3.8, 4) is 0 Å². The van der Waals surface area contributed by atoms with Gasteiger partial charge in [-0.05, 0) is 48.7 Å². The first kappa shape index (κ1) is 15.4. The topological polar surface area (TPSA) is 66.4 Å². The third-order valence-electron chi connectivity index (χ3n) is 2.75. The summed E-state index contributed by atoms with van der Waals surface area (Å²) in [5.74, 6) is -1.42. The molecule has 1 amide bonds. The van der Waals surface area contributed by atoms with Crippen LogP contribution in [-0.4, -0.2) is 23.2 Å². The van der Waals surface area contributed by atoms with Gasteiger partial charge in [0.05, 0.1) is 5.56 Å². The van der Waals surface area contributed by atoms with Crippen LogP contribution in [0.15, 0.2) is 47.4 Å². The Bertz CT molecular complexity index is 686. The van der Waals surface area contributed by atoms with Crippen LogP contribution in [0.1, 0.15) is 20.7 Å². The molecule has 0 unspecified atom stereocenters. The van der Waals surface area contributed by atoms with Gasteiger partial charge < -0.3 is 10.4 Å². The van der Waals surface area contributed by atoms with Gasteiger partial charge in [-0.15, -0.1) is 11.8 Å². The van der Waals surface area contributed by atoms with Crippen LogP contribution in [0, 0.1) is 0 Å². The number of benzene rings is 2. The quantitative estimate of drug-likeness (QED) is 0.835. The van der Waals surface area contributed by atoms with Gasteiger partial charge in [-0.1, -0.05) is 11.6 Å². The fourth-order valence-electron chi connectivity index (χ4n) is 1.73. The van der Waals surface area contributed by atoms with E-state index < -0.39 is 5.97 Å². The largest absolute Gasteiger partial charge is 0.478 e. The van der Waals surface area contributed by atoms with Crippen LogP contribution in [-0.2, 0) is 0 Å². The normalized spacial score (nSPS) is 10.2. The Kier molecular flexibility index (Phi) is 4.88. The highest BCUT2D eigenvalue weighted by molar-refractivity contribution is 7.98. The van der Waals surface area contributed by atoms with Crippen molar-refractivity contribution in [2.75, 3.05) is 11.6 Å². The number of carboxylic acids is 1. The number of carbonyl (C=O) groups is 2. The highest BCUT2D eigenvalue weighted by Crippen LogP contribution is 2.20. The van der Waals surface area contributed by atoms with Crippen LogP contribution in [0.2, 0.25) is 5.02 Å². The molecule has 0 saturated heterocycles. The number of anilines is 1. The summed E-state index contributed by atoms with van der Waals surface area (Å²) in [5.41, 5.74) is 0.860. The number of thioether (sulfide) groups is 1. The zero-order valence-corrected chi connectivity index (χ0v) is 12.7. The van der Waals surface area contributed by atoms with Crippen LogP contribution >= 0.6 is 23.4 Å². The third-order valence-corrected chi connectivity index (χ3v) is 3.72. The van der Waals surface area contributed by atoms with E-state index in [-0.39, 0.29) is 16.5 Å². The number of nitrogens with one attached hydrogen (secondary N) is 1. The van der Waals surface area contributed by atoms with Crippen molar-refractivity contribution in [1.29, 1.82) is 0 Å². The smallest absolute Gasteiger partial charge is 0.335 e. The molecule has 0 heterocycles. The van der Waals surface area contributed by atoms with E-state index in [1.807, 2.05) is 18.4 Å². The molecule has 108 valence electrons. The van der Waals surface area contributed by atoms with Crippen molar-refractivity contribution in [3.63, 3.8) is 0 Å². The van der Waals surface area contributed by atoms with Crippen molar-refractivity contribution in [1.82, 2.24) is 0 Å². The van der Waals surface area contributed by atoms with Gasteiger partial charge in [0.2, 0.25) is 0 Å². The van der Waals surface area contributed by atoms with Crippen LogP contribution in [0.3, 0.4) is 0 Å². The number of hydrogen-bond acceptors (Lipinski definition) is 3. The molecular formula is C15H12ClNO3S. The molecule has 2 aromatic rings. The first-order valence-electron chi connectivity index (χ1n) is 5.99. The Labute approximate surface area is 131 Å². The lowest BCUT2D eigenvalue weighted by Gasteiger charge is -2.07. The maximum absolute atomic E-state index is 12.1. The summed E-state index contributed by atoms with van der Waals surface area (Å²) in [7, 11) is 0. The number of hydrogen-bond donors (Lipinski definition) is 2. The van der Waals surface area contributed by atoms with Gasteiger partial charge in [-0.25, -0.2) is 4.79 Å². The third kappa shape index (κ3) is 4.00. The van der Waals surface area contributed by atoms with Crippen molar-refractivity contribution < 1.29 is 14.7 Å². The van der Waals surface area contributed by atoms with E-state index in [4.69, 9.17) is 16.7 Å². The Morgan fingerprint density at radius 2 is 1.76 bits per heavy atom. The first-order chi connectivity index (χ1) is 9.99. The minimum atomic E-state index is -1.10. The number of amides is 1. The van der Waals surface area contributed by atoms with Crippen LogP contribution in [0.4, 0.5) is 5.69 Å². The molecule has 2 rings (SSSR count). The number of halogens is 1. The maximum Gasteiger partial charge on any atom is 0.335 e. The number of rotatable bonds is 4. The van der Waals surface area contributed by atoms with Gasteiger partial charge in [0.25, 0.3) is 5.91 Å². The molecule has 0 radical (unpaired) electrons. The van der Waals surface area contributed by atoms with E-state index in [0.717, 1.165) is 4.90 Å². The average molecular weight is 322 g/mol. The molecule has 6 heteroatoms. The Hall–Kier alpha value is -1.98. The lowest BCUT2D eigenvalue weighted by molar-refractivity contribution is 0.0696. The molecule has 0 bridgehead atoms. The summed E-state index contributed by atoms with van der Waals surface area (Å²) >= 11 is 7.43. The number of carboxylic acid groups (broad SMARTS) is 1. The average Bonchev–Trinajstić information content (AvgIpc) is 2.46. The highest BCUT2D eigenvalue weighted by atomic mass is 35.5. The minimum Gasteiger partial charge on any atom is -0.478 e. The molecule has 2 aromatic carbocycles. The van der Waals surface area contributed by atoms with Crippen LogP contribution in [0.5, 0.6) is 0 Å². The van der Waals surface area contributed by atoms with Crippen LogP contribution < -0.4 is 5.32 Å². The molecule has 0 aromatic heterocycles. The second kappa shape index (κ2) is 6.65. The molecule has 0 aliphatic heterocycles. The fourth-order valence-corrected chi connectivity index (χ4v) is 2.37. The summed E-state index contributed by atoms with van der Waals surface area (Å²) in [6.07, 6.45) is 1.95. The molecule has 4 nitrogen and oxygen atoms in total. The maximum atomic E-state index is 12.1. The molecule has 0 atom stereocenters. The van der Waals surface area contributed by atoms with Gasteiger partial charge in [0.1, 0.15) is 0 Å². The molecule has 21 heavy (non-hydrogen) atoms. The van der Waals surface area contributed by atoms with E-state index in [2.05, 4.69) is 5.32 Å². The Morgan fingerprint density at radius 3 is 2.33 bits per heavy atom.